The average Bonchev–Trinajstić information content (AvgIpc) is 3.01. The molecule has 14 heavy (non-hydrogen) atoms. The molecule has 1 fully saturated rings. The van der Waals surface area contributed by atoms with Crippen LogP contribution in [0.1, 0.15) is 24.3 Å². The Morgan fingerprint density at radius 3 is 2.93 bits per heavy atom. The van der Waals surface area contributed by atoms with Gasteiger partial charge in [-0.05, 0) is 36.5 Å². The number of nitrogens with two attached hydrogens (primary N) is 1. The van der Waals surface area contributed by atoms with Gasteiger partial charge in [0.05, 0.1) is 11.2 Å². The van der Waals surface area contributed by atoms with E-state index in [0.717, 1.165) is 22.5 Å². The topological polar surface area (TPSA) is 38.9 Å². The van der Waals surface area contributed by atoms with Gasteiger partial charge in [0.2, 0.25) is 0 Å². The fourth-order valence-corrected chi connectivity index (χ4v) is 1.84. The maximum absolute atomic E-state index is 5.84. The minimum Gasteiger partial charge on any atom is -0.397 e. The fourth-order valence-electron chi connectivity index (χ4n) is 1.84. The third kappa shape index (κ3) is 1.15. The lowest BCUT2D eigenvalue weighted by Crippen LogP contribution is -1.90. The van der Waals surface area contributed by atoms with Crippen molar-refractivity contribution in [2.75, 3.05) is 5.73 Å². The molecule has 0 radical (unpaired) electrons. The van der Waals surface area contributed by atoms with Gasteiger partial charge in [0, 0.05) is 11.6 Å². The summed E-state index contributed by atoms with van der Waals surface area (Å²) in [5, 5.41) is 1.16. The van der Waals surface area contributed by atoms with Gasteiger partial charge in [-0.25, -0.2) is 0 Å². The van der Waals surface area contributed by atoms with Crippen molar-refractivity contribution < 1.29 is 0 Å². The predicted octanol–water partition coefficient (Wildman–Crippen LogP) is 2.69. The van der Waals surface area contributed by atoms with E-state index in [4.69, 9.17) is 5.73 Å². The summed E-state index contributed by atoms with van der Waals surface area (Å²) in [5.74, 6) is 0.758. The Bertz CT molecular complexity index is 487. The Balaban J connectivity index is 2.23. The molecule has 0 saturated heterocycles. The number of fused-ring (bicyclic) bond motifs is 1. The van der Waals surface area contributed by atoms with Crippen LogP contribution < -0.4 is 5.73 Å². The van der Waals surface area contributed by atoms with Crippen LogP contribution in [0, 0.1) is 0 Å². The second-order valence-electron chi connectivity index (χ2n) is 3.96. The third-order valence-corrected chi connectivity index (χ3v) is 2.81. The van der Waals surface area contributed by atoms with Crippen molar-refractivity contribution in [1.29, 1.82) is 0 Å². The summed E-state index contributed by atoms with van der Waals surface area (Å²) in [6, 6.07) is 8.17. The molecule has 3 rings (SSSR count). The molecular formula is C12H12N2. The van der Waals surface area contributed by atoms with E-state index in [-0.39, 0.29) is 0 Å². The molecule has 0 spiro atoms. The van der Waals surface area contributed by atoms with Gasteiger partial charge in [-0.2, -0.15) is 0 Å². The first-order chi connectivity index (χ1) is 6.84. The van der Waals surface area contributed by atoms with Crippen molar-refractivity contribution in [3.05, 3.63) is 36.0 Å². The van der Waals surface area contributed by atoms with E-state index in [9.17, 15) is 0 Å². The van der Waals surface area contributed by atoms with E-state index >= 15 is 0 Å². The highest BCUT2D eigenvalue weighted by atomic mass is 14.7. The number of benzene rings is 1. The maximum atomic E-state index is 5.84. The number of anilines is 1. The molecule has 1 saturated carbocycles. The van der Waals surface area contributed by atoms with Gasteiger partial charge in [0.1, 0.15) is 0 Å². The molecular weight excluding hydrogens is 172 g/mol. The monoisotopic (exact) mass is 184 g/mol. The number of hydrogen-bond acceptors (Lipinski definition) is 2. The van der Waals surface area contributed by atoms with E-state index in [1.54, 1.807) is 0 Å². The smallest absolute Gasteiger partial charge is 0.0931 e. The zero-order valence-corrected chi connectivity index (χ0v) is 7.90. The Hall–Kier alpha value is -1.57. The Labute approximate surface area is 82.8 Å². The highest BCUT2D eigenvalue weighted by Crippen LogP contribution is 2.40. The molecule has 70 valence electrons. The van der Waals surface area contributed by atoms with E-state index in [0.29, 0.717) is 0 Å². The lowest BCUT2D eigenvalue weighted by Gasteiger charge is -2.03. The molecule has 2 nitrogen and oxygen atoms in total. The summed E-state index contributed by atoms with van der Waals surface area (Å²) >= 11 is 0. The molecule has 1 heterocycles. The van der Waals surface area contributed by atoms with Crippen LogP contribution in [0.3, 0.4) is 0 Å². The summed E-state index contributed by atoms with van der Waals surface area (Å²) in [6.07, 6.45) is 4.60. The van der Waals surface area contributed by atoms with E-state index in [1.165, 1.54) is 18.4 Å². The first kappa shape index (κ1) is 7.80. The van der Waals surface area contributed by atoms with Gasteiger partial charge in [-0.1, -0.05) is 12.1 Å². The van der Waals surface area contributed by atoms with Gasteiger partial charge < -0.3 is 5.73 Å². The average molecular weight is 184 g/mol. The van der Waals surface area contributed by atoms with Gasteiger partial charge in [-0.15, -0.1) is 0 Å². The Morgan fingerprint density at radius 2 is 2.14 bits per heavy atom. The second-order valence-corrected chi connectivity index (χ2v) is 3.96. The number of aromatic nitrogens is 1. The first-order valence-corrected chi connectivity index (χ1v) is 4.99. The van der Waals surface area contributed by atoms with Crippen LogP contribution >= 0.6 is 0 Å². The van der Waals surface area contributed by atoms with Crippen molar-refractivity contribution >= 4 is 16.6 Å². The quantitative estimate of drug-likeness (QED) is 0.692. The maximum Gasteiger partial charge on any atom is 0.0931 e. The van der Waals surface area contributed by atoms with Crippen molar-refractivity contribution in [1.82, 2.24) is 4.98 Å². The number of hydrogen-bond donors (Lipinski definition) is 1. The van der Waals surface area contributed by atoms with Gasteiger partial charge in [-0.3, -0.25) is 4.98 Å². The normalized spacial score (nSPS) is 16.0. The number of rotatable bonds is 1. The standard InChI is InChI=1S/C12H12N2/c13-11-3-1-2-9-6-10(8-4-5-8)7-14-12(9)11/h1-3,6-8H,4-5,13H2. The Kier molecular flexibility index (Phi) is 1.51. The van der Waals surface area contributed by atoms with E-state index in [2.05, 4.69) is 17.1 Å². The highest BCUT2D eigenvalue weighted by Gasteiger charge is 2.23. The third-order valence-electron chi connectivity index (χ3n) is 2.81. The van der Waals surface area contributed by atoms with Crippen molar-refractivity contribution in [3.63, 3.8) is 0 Å². The molecule has 1 aliphatic rings. The fraction of sp³-hybridized carbons (Fsp3) is 0.250. The molecule has 0 aliphatic heterocycles. The van der Waals surface area contributed by atoms with Crippen molar-refractivity contribution in [2.24, 2.45) is 0 Å². The van der Waals surface area contributed by atoms with Crippen molar-refractivity contribution in [2.45, 2.75) is 18.8 Å². The number of para-hydroxylation sites is 1. The molecule has 0 unspecified atom stereocenters. The molecule has 2 aromatic rings. The summed E-state index contributed by atoms with van der Waals surface area (Å²) in [5.41, 5.74) is 8.90. The summed E-state index contributed by atoms with van der Waals surface area (Å²) in [7, 11) is 0. The summed E-state index contributed by atoms with van der Waals surface area (Å²) in [4.78, 5) is 4.42. The van der Waals surface area contributed by atoms with Crippen LogP contribution in [0.5, 0.6) is 0 Å². The molecule has 1 aromatic carbocycles. The SMILES string of the molecule is Nc1cccc2cc(C3CC3)cnc12. The molecule has 2 heteroatoms. The number of nitrogen functional groups attached to an aromatic ring is 1. The Morgan fingerprint density at radius 1 is 1.29 bits per heavy atom. The molecule has 0 bridgehead atoms. The van der Waals surface area contributed by atoms with Crippen LogP contribution in [-0.4, -0.2) is 4.98 Å². The largest absolute Gasteiger partial charge is 0.397 e. The molecule has 1 aliphatic carbocycles. The summed E-state index contributed by atoms with van der Waals surface area (Å²) in [6.45, 7) is 0. The minimum atomic E-state index is 0.758. The van der Waals surface area contributed by atoms with Crippen LogP contribution in [0.4, 0.5) is 5.69 Å². The lowest BCUT2D eigenvalue weighted by atomic mass is 10.1. The molecule has 0 atom stereocenters. The number of pyridine rings is 1. The molecule has 0 amide bonds. The minimum absolute atomic E-state index is 0.758. The van der Waals surface area contributed by atoms with E-state index < -0.39 is 0 Å². The van der Waals surface area contributed by atoms with Gasteiger partial charge in [0.25, 0.3) is 0 Å². The number of nitrogens with zero attached hydrogens (tertiary/aromatic N) is 1. The zero-order chi connectivity index (χ0) is 9.54. The molecule has 1 aromatic heterocycles. The van der Waals surface area contributed by atoms with E-state index in [1.807, 2.05) is 18.3 Å². The predicted molar refractivity (Wildman–Crippen MR) is 58.1 cm³/mol. The van der Waals surface area contributed by atoms with Crippen LogP contribution in [0.25, 0.3) is 10.9 Å². The lowest BCUT2D eigenvalue weighted by molar-refractivity contribution is 1.11. The summed E-state index contributed by atoms with van der Waals surface area (Å²) < 4.78 is 0. The second kappa shape index (κ2) is 2.71. The molecule has 2 N–H and O–H groups in total. The van der Waals surface area contributed by atoms with Crippen LogP contribution in [0.15, 0.2) is 30.5 Å². The zero-order valence-electron chi connectivity index (χ0n) is 7.90. The van der Waals surface area contributed by atoms with Crippen LogP contribution in [0.2, 0.25) is 0 Å². The first-order valence-electron chi connectivity index (χ1n) is 4.99. The van der Waals surface area contributed by atoms with Crippen molar-refractivity contribution in [3.8, 4) is 0 Å². The van der Waals surface area contributed by atoms with Gasteiger partial charge in [0.15, 0.2) is 0 Å². The highest BCUT2D eigenvalue weighted by molar-refractivity contribution is 5.89. The van der Waals surface area contributed by atoms with Crippen LogP contribution in [-0.2, 0) is 0 Å². The van der Waals surface area contributed by atoms with Gasteiger partial charge >= 0.3 is 0 Å².